The summed E-state index contributed by atoms with van der Waals surface area (Å²) >= 11 is 0. The largest absolute Gasteiger partial charge is 0.494 e. The summed E-state index contributed by atoms with van der Waals surface area (Å²) < 4.78 is 33.1. The summed E-state index contributed by atoms with van der Waals surface area (Å²) in [5.74, 6) is 2.21. The smallest absolute Gasteiger partial charge is 0.243 e. The van der Waals surface area contributed by atoms with Gasteiger partial charge < -0.3 is 15.0 Å². The maximum absolute atomic E-state index is 13.1. The lowest BCUT2D eigenvalue weighted by atomic mass is 9.96. The Kier molecular flexibility index (Phi) is 7.15. The summed E-state index contributed by atoms with van der Waals surface area (Å²) in [6.45, 7) is 6.45. The minimum absolute atomic E-state index is 0.297. The molecule has 0 unspecified atom stereocenters. The van der Waals surface area contributed by atoms with E-state index in [0.29, 0.717) is 55.4 Å². The van der Waals surface area contributed by atoms with E-state index in [4.69, 9.17) is 9.72 Å². The van der Waals surface area contributed by atoms with Crippen molar-refractivity contribution >= 4 is 21.8 Å². The second-order valence-corrected chi connectivity index (χ2v) is 10.4. The van der Waals surface area contributed by atoms with Crippen LogP contribution in [0.3, 0.4) is 0 Å². The van der Waals surface area contributed by atoms with E-state index in [2.05, 4.69) is 15.2 Å². The molecule has 0 radical (unpaired) electrons. The molecule has 8 nitrogen and oxygen atoms in total. The van der Waals surface area contributed by atoms with Crippen molar-refractivity contribution < 1.29 is 13.2 Å². The van der Waals surface area contributed by atoms with Crippen molar-refractivity contribution in [1.82, 2.24) is 14.3 Å². The monoisotopic (exact) mass is 459 g/mol. The summed E-state index contributed by atoms with van der Waals surface area (Å²) in [6, 6.07) is 9.05. The van der Waals surface area contributed by atoms with Crippen LogP contribution in [0.5, 0.6) is 5.75 Å². The quantitative estimate of drug-likeness (QED) is 0.679. The Morgan fingerprint density at radius 3 is 2.38 bits per heavy atom. The molecule has 174 valence electrons. The van der Waals surface area contributed by atoms with E-state index in [1.807, 2.05) is 19.9 Å². The average molecular weight is 460 g/mol. The maximum Gasteiger partial charge on any atom is 0.243 e. The van der Waals surface area contributed by atoms with Gasteiger partial charge in [0, 0.05) is 44.0 Å². The van der Waals surface area contributed by atoms with Gasteiger partial charge in [-0.15, -0.1) is 0 Å². The van der Waals surface area contributed by atoms with Crippen molar-refractivity contribution in [2.24, 2.45) is 0 Å². The number of hydrogen-bond acceptors (Lipinski definition) is 7. The Bertz CT molecular complexity index is 999. The third kappa shape index (κ3) is 5.32. The van der Waals surface area contributed by atoms with Crippen molar-refractivity contribution in [2.45, 2.75) is 56.9 Å². The summed E-state index contributed by atoms with van der Waals surface area (Å²) in [4.78, 5) is 11.8. The number of sulfonamides is 1. The zero-order chi connectivity index (χ0) is 22.6. The van der Waals surface area contributed by atoms with Crippen LogP contribution in [-0.2, 0) is 10.0 Å². The lowest BCUT2D eigenvalue weighted by Gasteiger charge is -2.35. The Hall–Kier alpha value is -2.39. The Labute approximate surface area is 191 Å². The number of piperazine rings is 1. The Morgan fingerprint density at radius 1 is 1.03 bits per heavy atom. The zero-order valence-corrected chi connectivity index (χ0v) is 19.8. The number of ether oxygens (including phenoxy) is 1. The maximum atomic E-state index is 13.1. The highest BCUT2D eigenvalue weighted by Gasteiger charge is 2.29. The van der Waals surface area contributed by atoms with Gasteiger partial charge in [-0.25, -0.2) is 13.4 Å². The highest BCUT2D eigenvalue weighted by molar-refractivity contribution is 7.89. The first kappa shape index (κ1) is 22.8. The highest BCUT2D eigenvalue weighted by Crippen LogP contribution is 2.24. The number of nitrogens with one attached hydrogen (secondary N) is 1. The molecule has 2 fully saturated rings. The van der Waals surface area contributed by atoms with E-state index in [1.165, 1.54) is 19.3 Å². The van der Waals surface area contributed by atoms with Crippen LogP contribution < -0.4 is 15.0 Å². The van der Waals surface area contributed by atoms with Crippen LogP contribution in [0.1, 0.15) is 44.7 Å². The average Bonchev–Trinajstić information content (AvgIpc) is 2.80. The molecular weight excluding hydrogens is 426 g/mol. The number of hydrogen-bond donors (Lipinski definition) is 1. The fourth-order valence-corrected chi connectivity index (χ4v) is 5.81. The molecule has 1 aromatic carbocycles. The van der Waals surface area contributed by atoms with Gasteiger partial charge in [-0.2, -0.15) is 9.29 Å². The first-order valence-electron chi connectivity index (χ1n) is 11.6. The number of aryl methyl sites for hydroxylation is 1. The van der Waals surface area contributed by atoms with Crippen LogP contribution in [0.15, 0.2) is 35.2 Å². The van der Waals surface area contributed by atoms with Gasteiger partial charge in [0.1, 0.15) is 11.6 Å². The molecule has 0 bridgehead atoms. The SMILES string of the molecule is CCOc1ccc(S(=O)(=O)N2CCN(c3cc(C)nc(NC4CCCCC4)n3)CC2)cc1. The molecule has 1 aliphatic heterocycles. The zero-order valence-electron chi connectivity index (χ0n) is 19.0. The van der Waals surface area contributed by atoms with Crippen LogP contribution in [0.4, 0.5) is 11.8 Å². The van der Waals surface area contributed by atoms with Gasteiger partial charge in [-0.05, 0) is 51.0 Å². The van der Waals surface area contributed by atoms with E-state index < -0.39 is 10.0 Å². The van der Waals surface area contributed by atoms with Crippen LogP contribution >= 0.6 is 0 Å². The van der Waals surface area contributed by atoms with Crippen LogP contribution in [0.2, 0.25) is 0 Å². The van der Waals surface area contributed by atoms with Gasteiger partial charge in [0.05, 0.1) is 11.5 Å². The lowest BCUT2D eigenvalue weighted by Crippen LogP contribution is -2.49. The van der Waals surface area contributed by atoms with Crippen LogP contribution in [0, 0.1) is 6.92 Å². The molecule has 2 aromatic rings. The van der Waals surface area contributed by atoms with Crippen molar-refractivity contribution in [3.63, 3.8) is 0 Å². The molecule has 1 aliphatic carbocycles. The van der Waals surface area contributed by atoms with E-state index in [9.17, 15) is 8.42 Å². The second-order valence-electron chi connectivity index (χ2n) is 8.47. The normalized spacial score (nSPS) is 18.5. The molecule has 0 spiro atoms. The first-order chi connectivity index (χ1) is 15.5. The second kappa shape index (κ2) is 10.0. The van der Waals surface area contributed by atoms with Gasteiger partial charge in [-0.1, -0.05) is 19.3 Å². The molecule has 1 aromatic heterocycles. The number of rotatable bonds is 7. The van der Waals surface area contributed by atoms with Gasteiger partial charge >= 0.3 is 0 Å². The van der Waals surface area contributed by atoms with Crippen molar-refractivity contribution in [1.29, 1.82) is 0 Å². The molecule has 0 atom stereocenters. The molecule has 0 amide bonds. The standard InChI is InChI=1S/C23H33N5O3S/c1-3-31-20-9-11-21(12-10-20)32(29,30)28-15-13-27(14-16-28)22-17-18(2)24-23(26-22)25-19-7-5-4-6-8-19/h9-12,17,19H,3-8,13-16H2,1-2H3,(H,24,25,26). The third-order valence-electron chi connectivity index (χ3n) is 6.11. The van der Waals surface area contributed by atoms with E-state index in [1.54, 1.807) is 28.6 Å². The van der Waals surface area contributed by atoms with Crippen LogP contribution in [0.25, 0.3) is 0 Å². The summed E-state index contributed by atoms with van der Waals surface area (Å²) in [6.07, 6.45) is 6.13. The van der Waals surface area contributed by atoms with Crippen molar-refractivity contribution in [2.75, 3.05) is 43.0 Å². The van der Waals surface area contributed by atoms with Crippen molar-refractivity contribution in [3.8, 4) is 5.75 Å². The lowest BCUT2D eigenvalue weighted by molar-refractivity contribution is 0.340. The van der Waals surface area contributed by atoms with E-state index >= 15 is 0 Å². The topological polar surface area (TPSA) is 87.7 Å². The first-order valence-corrected chi connectivity index (χ1v) is 13.0. The number of nitrogens with zero attached hydrogens (tertiary/aromatic N) is 4. The van der Waals surface area contributed by atoms with E-state index in [0.717, 1.165) is 24.4 Å². The van der Waals surface area contributed by atoms with Gasteiger partial charge in [0.2, 0.25) is 16.0 Å². The summed E-state index contributed by atoms with van der Waals surface area (Å²) in [5, 5.41) is 3.50. The molecule has 1 saturated carbocycles. The van der Waals surface area contributed by atoms with Gasteiger partial charge in [0.15, 0.2) is 0 Å². The van der Waals surface area contributed by atoms with E-state index in [-0.39, 0.29) is 0 Å². The van der Waals surface area contributed by atoms with Gasteiger partial charge in [-0.3, -0.25) is 0 Å². The molecule has 9 heteroatoms. The molecular formula is C23H33N5O3S. The number of aromatic nitrogens is 2. The molecule has 4 rings (SSSR count). The number of benzene rings is 1. The molecule has 1 saturated heterocycles. The Balaban J connectivity index is 1.40. The van der Waals surface area contributed by atoms with Crippen molar-refractivity contribution in [3.05, 3.63) is 36.0 Å². The summed E-state index contributed by atoms with van der Waals surface area (Å²) in [7, 11) is -3.53. The Morgan fingerprint density at radius 2 is 1.72 bits per heavy atom. The minimum atomic E-state index is -3.53. The molecule has 2 aliphatic rings. The fourth-order valence-electron chi connectivity index (χ4n) is 4.39. The fraction of sp³-hybridized carbons (Fsp3) is 0.565. The molecule has 32 heavy (non-hydrogen) atoms. The summed E-state index contributed by atoms with van der Waals surface area (Å²) in [5.41, 5.74) is 0.915. The predicted molar refractivity (Wildman–Crippen MR) is 126 cm³/mol. The minimum Gasteiger partial charge on any atom is -0.494 e. The highest BCUT2D eigenvalue weighted by atomic mass is 32.2. The molecule has 2 heterocycles. The molecule has 1 N–H and O–H groups in total. The number of anilines is 2. The predicted octanol–water partition coefficient (Wildman–Crippen LogP) is 3.44. The van der Waals surface area contributed by atoms with Gasteiger partial charge in [0.25, 0.3) is 0 Å². The van der Waals surface area contributed by atoms with Crippen LogP contribution in [-0.4, -0.2) is 61.5 Å². The third-order valence-corrected chi connectivity index (χ3v) is 8.03.